The molecule has 0 aliphatic carbocycles. The number of hydrogen-bond donors (Lipinski definition) is 1. The molecule has 2 unspecified atom stereocenters. The Kier molecular flexibility index (Phi) is 3.40. The van der Waals surface area contributed by atoms with Crippen LogP contribution in [-0.2, 0) is 4.79 Å². The Hall–Kier alpha value is -1.84. The summed E-state index contributed by atoms with van der Waals surface area (Å²) in [7, 11) is 0. The van der Waals surface area contributed by atoms with Crippen molar-refractivity contribution in [3.05, 3.63) is 70.2 Å². The lowest BCUT2D eigenvalue weighted by molar-refractivity contribution is -0.129. The lowest BCUT2D eigenvalue weighted by Gasteiger charge is -2.43. The summed E-state index contributed by atoms with van der Waals surface area (Å²) in [6, 6.07) is 16.2. The minimum absolute atomic E-state index is 0.119. The van der Waals surface area contributed by atoms with Crippen LogP contribution in [0.5, 0.6) is 0 Å². The summed E-state index contributed by atoms with van der Waals surface area (Å²) < 4.78 is 0. The summed E-state index contributed by atoms with van der Waals surface area (Å²) in [5.74, 6) is 0.406. The van der Waals surface area contributed by atoms with Gasteiger partial charge in [-0.25, -0.2) is 0 Å². The van der Waals surface area contributed by atoms with E-state index in [1.54, 1.807) is 0 Å². The van der Waals surface area contributed by atoms with Crippen molar-refractivity contribution in [1.29, 1.82) is 0 Å². The van der Waals surface area contributed by atoms with E-state index in [-0.39, 0.29) is 17.9 Å². The van der Waals surface area contributed by atoms with Gasteiger partial charge in [0.1, 0.15) is 6.04 Å². The van der Waals surface area contributed by atoms with Crippen LogP contribution in [0, 0.1) is 0 Å². The summed E-state index contributed by atoms with van der Waals surface area (Å²) >= 11 is 6.02. The highest BCUT2D eigenvalue weighted by Gasteiger charge is 2.39. The molecule has 112 valence electrons. The molecule has 1 amide bonds. The van der Waals surface area contributed by atoms with E-state index in [0.29, 0.717) is 0 Å². The maximum absolute atomic E-state index is 12.3. The first-order chi connectivity index (χ1) is 10.7. The van der Waals surface area contributed by atoms with Crippen molar-refractivity contribution in [2.45, 2.75) is 12.0 Å². The zero-order valence-corrected chi connectivity index (χ0v) is 12.9. The van der Waals surface area contributed by atoms with Crippen LogP contribution in [0.4, 0.5) is 0 Å². The summed E-state index contributed by atoms with van der Waals surface area (Å²) in [4.78, 5) is 14.6. The minimum atomic E-state index is -0.145. The number of halogens is 1. The van der Waals surface area contributed by atoms with Crippen molar-refractivity contribution in [3.63, 3.8) is 0 Å². The molecule has 0 spiro atoms. The zero-order valence-electron chi connectivity index (χ0n) is 12.1. The monoisotopic (exact) mass is 312 g/mol. The number of carbonyl (C=O) groups is 1. The van der Waals surface area contributed by atoms with Crippen molar-refractivity contribution >= 4 is 17.5 Å². The SMILES string of the molecule is O=C1NCCN2CC(c3ccc(Cl)cc3)c3ccccc3C12. The van der Waals surface area contributed by atoms with E-state index in [1.807, 2.05) is 18.2 Å². The number of carbonyl (C=O) groups excluding carboxylic acids is 1. The predicted molar refractivity (Wildman–Crippen MR) is 87.1 cm³/mol. The van der Waals surface area contributed by atoms with Crippen molar-refractivity contribution in [3.8, 4) is 0 Å². The van der Waals surface area contributed by atoms with Crippen LogP contribution in [0.1, 0.15) is 28.7 Å². The Morgan fingerprint density at radius 2 is 1.77 bits per heavy atom. The fraction of sp³-hybridized carbons (Fsp3) is 0.278. The quantitative estimate of drug-likeness (QED) is 0.878. The summed E-state index contributed by atoms with van der Waals surface area (Å²) in [5.41, 5.74) is 3.63. The van der Waals surface area contributed by atoms with E-state index in [9.17, 15) is 4.79 Å². The summed E-state index contributed by atoms with van der Waals surface area (Å²) in [6.45, 7) is 2.50. The van der Waals surface area contributed by atoms with Crippen LogP contribution >= 0.6 is 11.6 Å². The average molecular weight is 313 g/mol. The Labute approximate surface area is 134 Å². The smallest absolute Gasteiger partial charge is 0.242 e. The van der Waals surface area contributed by atoms with Gasteiger partial charge in [-0.1, -0.05) is 48.0 Å². The molecule has 1 N–H and O–H groups in total. The molecule has 2 atom stereocenters. The second-order valence-electron chi connectivity index (χ2n) is 5.92. The van der Waals surface area contributed by atoms with Gasteiger partial charge < -0.3 is 5.32 Å². The lowest BCUT2D eigenvalue weighted by Crippen LogP contribution is -2.53. The fourth-order valence-corrected chi connectivity index (χ4v) is 3.77. The molecule has 4 heteroatoms. The molecule has 0 saturated carbocycles. The molecule has 1 fully saturated rings. The molecule has 2 aliphatic rings. The Morgan fingerprint density at radius 3 is 2.55 bits per heavy atom. The van der Waals surface area contributed by atoms with Gasteiger partial charge in [0, 0.05) is 30.6 Å². The first-order valence-corrected chi connectivity index (χ1v) is 7.98. The summed E-state index contributed by atoms with van der Waals surface area (Å²) in [5, 5.41) is 3.74. The number of hydrogen-bond acceptors (Lipinski definition) is 2. The average Bonchev–Trinajstić information content (AvgIpc) is 2.55. The molecule has 0 aromatic heterocycles. The third-order valence-corrected chi connectivity index (χ3v) is 4.92. The number of rotatable bonds is 1. The van der Waals surface area contributed by atoms with E-state index in [4.69, 9.17) is 11.6 Å². The molecule has 22 heavy (non-hydrogen) atoms. The number of benzene rings is 2. The van der Waals surface area contributed by atoms with Crippen LogP contribution < -0.4 is 5.32 Å². The minimum Gasteiger partial charge on any atom is -0.353 e. The maximum Gasteiger partial charge on any atom is 0.242 e. The Bertz CT molecular complexity index is 713. The van der Waals surface area contributed by atoms with Crippen LogP contribution in [0.2, 0.25) is 5.02 Å². The Balaban J connectivity index is 1.82. The number of nitrogens with zero attached hydrogens (tertiary/aromatic N) is 1. The van der Waals surface area contributed by atoms with Gasteiger partial charge in [0.05, 0.1) is 0 Å². The number of piperazine rings is 1. The first kappa shape index (κ1) is 13.8. The van der Waals surface area contributed by atoms with Gasteiger partial charge in [0.25, 0.3) is 0 Å². The maximum atomic E-state index is 12.3. The van der Waals surface area contributed by atoms with E-state index >= 15 is 0 Å². The molecule has 2 heterocycles. The van der Waals surface area contributed by atoms with Gasteiger partial charge in [0.2, 0.25) is 5.91 Å². The largest absolute Gasteiger partial charge is 0.353 e. The molecule has 1 saturated heterocycles. The molecule has 2 aromatic rings. The first-order valence-electron chi connectivity index (χ1n) is 7.60. The molecule has 2 aromatic carbocycles. The van der Waals surface area contributed by atoms with Crippen LogP contribution in [0.3, 0.4) is 0 Å². The third kappa shape index (κ3) is 2.21. The van der Waals surface area contributed by atoms with Crippen LogP contribution in [0.25, 0.3) is 0 Å². The highest BCUT2D eigenvalue weighted by atomic mass is 35.5. The molecular formula is C18H17ClN2O. The topological polar surface area (TPSA) is 32.3 Å². The van der Waals surface area contributed by atoms with Gasteiger partial charge in [-0.15, -0.1) is 0 Å². The molecule has 0 bridgehead atoms. The number of fused-ring (bicyclic) bond motifs is 3. The van der Waals surface area contributed by atoms with Crippen molar-refractivity contribution in [1.82, 2.24) is 10.2 Å². The normalized spacial score (nSPS) is 24.3. The lowest BCUT2D eigenvalue weighted by atomic mass is 9.80. The van der Waals surface area contributed by atoms with Gasteiger partial charge in [-0.2, -0.15) is 0 Å². The van der Waals surface area contributed by atoms with E-state index in [0.717, 1.165) is 30.2 Å². The van der Waals surface area contributed by atoms with E-state index < -0.39 is 0 Å². The van der Waals surface area contributed by atoms with Crippen LogP contribution in [0.15, 0.2) is 48.5 Å². The molecule has 4 rings (SSSR count). The van der Waals surface area contributed by atoms with Gasteiger partial charge >= 0.3 is 0 Å². The standard InChI is InChI=1S/C18H17ClN2O/c19-13-7-5-12(6-8-13)16-11-21-10-9-20-18(22)17(21)15-4-2-1-3-14(15)16/h1-8,16-17H,9-11H2,(H,20,22). The summed E-state index contributed by atoms with van der Waals surface area (Å²) in [6.07, 6.45) is 0. The second-order valence-corrected chi connectivity index (χ2v) is 6.36. The molecule has 3 nitrogen and oxygen atoms in total. The molecule has 0 radical (unpaired) electrons. The van der Waals surface area contributed by atoms with Gasteiger partial charge in [0.15, 0.2) is 0 Å². The van der Waals surface area contributed by atoms with E-state index in [1.165, 1.54) is 11.1 Å². The van der Waals surface area contributed by atoms with Gasteiger partial charge in [-0.05, 0) is 28.8 Å². The molecular weight excluding hydrogens is 296 g/mol. The van der Waals surface area contributed by atoms with Crippen molar-refractivity contribution in [2.24, 2.45) is 0 Å². The highest BCUT2D eigenvalue weighted by molar-refractivity contribution is 6.30. The molecule has 2 aliphatic heterocycles. The fourth-order valence-electron chi connectivity index (χ4n) is 3.64. The second kappa shape index (κ2) is 5.41. The highest BCUT2D eigenvalue weighted by Crippen LogP contribution is 2.40. The van der Waals surface area contributed by atoms with Gasteiger partial charge in [-0.3, -0.25) is 9.69 Å². The van der Waals surface area contributed by atoms with Crippen LogP contribution in [-0.4, -0.2) is 30.4 Å². The Morgan fingerprint density at radius 1 is 1.05 bits per heavy atom. The number of amides is 1. The number of nitrogens with one attached hydrogen (secondary N) is 1. The van der Waals surface area contributed by atoms with Crippen molar-refractivity contribution in [2.75, 3.05) is 19.6 Å². The van der Waals surface area contributed by atoms with Crippen molar-refractivity contribution < 1.29 is 4.79 Å². The third-order valence-electron chi connectivity index (χ3n) is 4.67. The van der Waals surface area contributed by atoms with E-state index in [2.05, 4.69) is 40.5 Å². The predicted octanol–water partition coefficient (Wildman–Crippen LogP) is 2.96. The zero-order chi connectivity index (χ0) is 15.1.